The smallest absolute Gasteiger partial charge is 0.258 e. The molecule has 0 aliphatic heterocycles. The monoisotopic (exact) mass is 343 g/mol. The summed E-state index contributed by atoms with van der Waals surface area (Å²) in [5.74, 6) is 1.89. The highest BCUT2D eigenvalue weighted by Gasteiger charge is 2.07. The first-order valence-electron chi connectivity index (χ1n) is 8.47. The first-order chi connectivity index (χ1) is 12.2. The molecule has 0 saturated heterocycles. The van der Waals surface area contributed by atoms with Crippen LogP contribution in [0.2, 0.25) is 0 Å². The van der Waals surface area contributed by atoms with E-state index < -0.39 is 0 Å². The van der Waals surface area contributed by atoms with Crippen molar-refractivity contribution in [2.45, 2.75) is 26.3 Å². The van der Waals surface area contributed by atoms with Gasteiger partial charge in [0.15, 0.2) is 18.1 Å². The highest BCUT2D eigenvalue weighted by atomic mass is 16.5. The van der Waals surface area contributed by atoms with Crippen molar-refractivity contribution < 1.29 is 19.0 Å². The van der Waals surface area contributed by atoms with E-state index in [1.807, 2.05) is 48.5 Å². The molecular weight excluding hydrogens is 318 g/mol. The van der Waals surface area contributed by atoms with Gasteiger partial charge in [0, 0.05) is 6.54 Å². The Hall–Kier alpha value is -2.69. The summed E-state index contributed by atoms with van der Waals surface area (Å²) in [4.78, 5) is 11.9. The van der Waals surface area contributed by atoms with Gasteiger partial charge >= 0.3 is 0 Å². The van der Waals surface area contributed by atoms with Gasteiger partial charge in [0.25, 0.3) is 5.91 Å². The molecule has 0 atom stereocenters. The van der Waals surface area contributed by atoms with E-state index in [-0.39, 0.29) is 12.5 Å². The lowest BCUT2D eigenvalue weighted by Crippen LogP contribution is -2.28. The molecular formula is C20H25NO4. The van der Waals surface area contributed by atoms with Gasteiger partial charge in [-0.15, -0.1) is 0 Å². The highest BCUT2D eigenvalue weighted by Crippen LogP contribution is 2.28. The molecule has 5 heteroatoms. The number of methoxy groups -OCH3 is 1. The largest absolute Gasteiger partial charge is 0.493 e. The van der Waals surface area contributed by atoms with Gasteiger partial charge < -0.3 is 19.5 Å². The van der Waals surface area contributed by atoms with E-state index in [2.05, 4.69) is 12.2 Å². The molecule has 0 heterocycles. The van der Waals surface area contributed by atoms with Crippen LogP contribution < -0.4 is 19.5 Å². The van der Waals surface area contributed by atoms with Crippen molar-refractivity contribution in [3.63, 3.8) is 0 Å². The lowest BCUT2D eigenvalue weighted by Gasteiger charge is -2.12. The minimum absolute atomic E-state index is 0.0145. The number of rotatable bonds is 10. The quantitative estimate of drug-likeness (QED) is 0.670. The third kappa shape index (κ3) is 6.37. The average molecular weight is 343 g/mol. The standard InChI is InChI=1S/C20H25NO4/c1-3-4-12-24-18-11-10-16(13-19(18)23-2)14-21-20(22)15-25-17-8-6-5-7-9-17/h5-11,13H,3-4,12,14-15H2,1-2H3,(H,21,22). The third-order valence-corrected chi connectivity index (χ3v) is 3.59. The van der Waals surface area contributed by atoms with Crippen LogP contribution >= 0.6 is 0 Å². The Bertz CT molecular complexity index is 658. The van der Waals surface area contributed by atoms with E-state index in [1.165, 1.54) is 0 Å². The normalized spacial score (nSPS) is 10.2. The molecule has 134 valence electrons. The van der Waals surface area contributed by atoms with Crippen molar-refractivity contribution in [3.05, 3.63) is 54.1 Å². The van der Waals surface area contributed by atoms with Gasteiger partial charge in [-0.1, -0.05) is 37.6 Å². The number of nitrogens with one attached hydrogen (secondary N) is 1. The molecule has 0 aliphatic rings. The van der Waals surface area contributed by atoms with E-state index in [0.717, 1.165) is 24.2 Å². The Balaban J connectivity index is 1.82. The van der Waals surface area contributed by atoms with Gasteiger partial charge in [-0.05, 0) is 36.2 Å². The Morgan fingerprint density at radius 1 is 1.04 bits per heavy atom. The molecule has 2 aromatic carbocycles. The first-order valence-corrected chi connectivity index (χ1v) is 8.47. The molecule has 0 radical (unpaired) electrons. The Morgan fingerprint density at radius 2 is 1.84 bits per heavy atom. The van der Waals surface area contributed by atoms with Crippen LogP contribution in [0.25, 0.3) is 0 Å². The molecule has 0 spiro atoms. The van der Waals surface area contributed by atoms with Gasteiger partial charge in [-0.2, -0.15) is 0 Å². The number of benzene rings is 2. The molecule has 0 aromatic heterocycles. The van der Waals surface area contributed by atoms with Crippen LogP contribution in [0, 0.1) is 0 Å². The summed E-state index contributed by atoms with van der Waals surface area (Å²) in [7, 11) is 1.61. The maximum absolute atomic E-state index is 11.9. The van der Waals surface area contributed by atoms with Crippen LogP contribution in [0.15, 0.2) is 48.5 Å². The molecule has 0 bridgehead atoms. The predicted molar refractivity (Wildman–Crippen MR) is 97.2 cm³/mol. The highest BCUT2D eigenvalue weighted by molar-refractivity contribution is 5.77. The Labute approximate surface area is 148 Å². The average Bonchev–Trinajstić information content (AvgIpc) is 2.66. The summed E-state index contributed by atoms with van der Waals surface area (Å²) in [6.45, 7) is 3.18. The molecule has 25 heavy (non-hydrogen) atoms. The number of carbonyl (C=O) groups is 1. The van der Waals surface area contributed by atoms with E-state index in [0.29, 0.717) is 24.7 Å². The summed E-state index contributed by atoms with van der Waals surface area (Å²) in [6, 6.07) is 14.9. The summed E-state index contributed by atoms with van der Waals surface area (Å²) < 4.78 is 16.5. The van der Waals surface area contributed by atoms with Crippen molar-refractivity contribution in [1.29, 1.82) is 0 Å². The van der Waals surface area contributed by atoms with Crippen molar-refractivity contribution >= 4 is 5.91 Å². The summed E-state index contributed by atoms with van der Waals surface area (Å²) in [5.41, 5.74) is 0.938. The second-order valence-electron chi connectivity index (χ2n) is 5.57. The Morgan fingerprint density at radius 3 is 2.56 bits per heavy atom. The second-order valence-corrected chi connectivity index (χ2v) is 5.57. The topological polar surface area (TPSA) is 56.8 Å². The molecule has 1 N–H and O–H groups in total. The number of amides is 1. The zero-order valence-corrected chi connectivity index (χ0v) is 14.8. The lowest BCUT2D eigenvalue weighted by molar-refractivity contribution is -0.123. The summed E-state index contributed by atoms with van der Waals surface area (Å²) in [6.07, 6.45) is 2.08. The molecule has 5 nitrogen and oxygen atoms in total. The summed E-state index contributed by atoms with van der Waals surface area (Å²) in [5, 5.41) is 2.83. The van der Waals surface area contributed by atoms with Gasteiger partial charge in [-0.3, -0.25) is 4.79 Å². The van der Waals surface area contributed by atoms with Crippen LogP contribution in [0.5, 0.6) is 17.2 Å². The van der Waals surface area contributed by atoms with Crippen molar-refractivity contribution in [1.82, 2.24) is 5.32 Å². The number of hydrogen-bond donors (Lipinski definition) is 1. The minimum Gasteiger partial charge on any atom is -0.493 e. The van der Waals surface area contributed by atoms with Crippen LogP contribution in [-0.4, -0.2) is 26.2 Å². The number of carbonyl (C=O) groups excluding carboxylic acids is 1. The fourth-order valence-corrected chi connectivity index (χ4v) is 2.18. The van der Waals surface area contributed by atoms with E-state index in [4.69, 9.17) is 14.2 Å². The fourth-order valence-electron chi connectivity index (χ4n) is 2.18. The number of unbranched alkanes of at least 4 members (excludes halogenated alkanes) is 1. The number of ether oxygens (including phenoxy) is 3. The van der Waals surface area contributed by atoms with Gasteiger partial charge in [0.1, 0.15) is 5.75 Å². The molecule has 0 unspecified atom stereocenters. The van der Waals surface area contributed by atoms with Crippen LogP contribution in [-0.2, 0) is 11.3 Å². The van der Waals surface area contributed by atoms with Gasteiger partial charge in [0.2, 0.25) is 0 Å². The van der Waals surface area contributed by atoms with Crippen molar-refractivity contribution in [2.24, 2.45) is 0 Å². The lowest BCUT2D eigenvalue weighted by atomic mass is 10.2. The van der Waals surface area contributed by atoms with Crippen molar-refractivity contribution in [2.75, 3.05) is 20.3 Å². The van der Waals surface area contributed by atoms with Gasteiger partial charge in [0.05, 0.1) is 13.7 Å². The maximum atomic E-state index is 11.9. The molecule has 0 fully saturated rings. The SMILES string of the molecule is CCCCOc1ccc(CNC(=O)COc2ccccc2)cc1OC. The van der Waals surface area contributed by atoms with Crippen LogP contribution in [0.4, 0.5) is 0 Å². The minimum atomic E-state index is -0.175. The Kier molecular flexibility index (Phi) is 7.63. The molecule has 0 saturated carbocycles. The molecule has 2 aromatic rings. The number of hydrogen-bond acceptors (Lipinski definition) is 4. The third-order valence-electron chi connectivity index (χ3n) is 3.59. The van der Waals surface area contributed by atoms with Gasteiger partial charge in [-0.25, -0.2) is 0 Å². The molecule has 2 rings (SSSR count). The van der Waals surface area contributed by atoms with Crippen LogP contribution in [0.3, 0.4) is 0 Å². The zero-order valence-electron chi connectivity index (χ0n) is 14.8. The van der Waals surface area contributed by atoms with Crippen molar-refractivity contribution in [3.8, 4) is 17.2 Å². The fraction of sp³-hybridized carbons (Fsp3) is 0.350. The zero-order chi connectivity index (χ0) is 17.9. The predicted octanol–water partition coefficient (Wildman–Crippen LogP) is 3.57. The van der Waals surface area contributed by atoms with E-state index in [1.54, 1.807) is 7.11 Å². The summed E-state index contributed by atoms with van der Waals surface area (Å²) >= 11 is 0. The molecule has 0 aliphatic carbocycles. The molecule has 1 amide bonds. The maximum Gasteiger partial charge on any atom is 0.258 e. The second kappa shape index (κ2) is 10.2. The van der Waals surface area contributed by atoms with E-state index >= 15 is 0 Å². The first kappa shape index (κ1) is 18.6. The van der Waals surface area contributed by atoms with Crippen LogP contribution in [0.1, 0.15) is 25.3 Å². The number of para-hydroxylation sites is 1. The van der Waals surface area contributed by atoms with E-state index in [9.17, 15) is 4.79 Å².